The maximum Gasteiger partial charge on any atom is 0.0111 e. The van der Waals surface area contributed by atoms with Gasteiger partial charge in [0, 0.05) is 17.5 Å². The fourth-order valence-electron chi connectivity index (χ4n) is 1.45. The molecule has 1 saturated carbocycles. The Hall–Kier alpha value is 0.270. The normalized spacial score (nSPS) is 56.7. The zero-order valence-corrected chi connectivity index (χ0v) is 6.20. The Bertz CT molecular complexity index is 141. The van der Waals surface area contributed by atoms with E-state index in [0.29, 0.717) is 11.2 Å². The molecule has 1 N–H and O–H groups in total. The summed E-state index contributed by atoms with van der Waals surface area (Å²) in [7, 11) is 0. The first-order chi connectivity index (χ1) is 4.25. The van der Waals surface area contributed by atoms with Crippen LogP contribution < -0.4 is 10.4 Å². The molecule has 52 valence electrons. The molecule has 0 aromatic rings. The summed E-state index contributed by atoms with van der Waals surface area (Å²) in [6.45, 7) is 2.93. The highest BCUT2D eigenvalue weighted by atomic mass is 32.2. The van der Waals surface area contributed by atoms with E-state index in [9.17, 15) is 5.11 Å². The van der Waals surface area contributed by atoms with Crippen molar-refractivity contribution in [1.29, 1.82) is 0 Å². The third kappa shape index (κ3) is 0.656. The molecule has 2 fully saturated rings. The van der Waals surface area contributed by atoms with E-state index >= 15 is 0 Å². The van der Waals surface area contributed by atoms with Crippen LogP contribution in [0.1, 0.15) is 6.92 Å². The summed E-state index contributed by atoms with van der Waals surface area (Å²) < 4.78 is 0. The lowest BCUT2D eigenvalue weighted by molar-refractivity contribution is -0.452. The molecule has 2 aliphatic rings. The van der Waals surface area contributed by atoms with E-state index in [4.69, 9.17) is 0 Å². The molecule has 0 radical (unpaired) electrons. The monoisotopic (exact) mass is 144 g/mol. The molecule has 0 amide bonds. The second kappa shape index (κ2) is 1.65. The molecule has 1 saturated heterocycles. The largest absolute Gasteiger partial charge is 0.837 e. The van der Waals surface area contributed by atoms with Crippen LogP contribution in [0.2, 0.25) is 0 Å². The maximum atomic E-state index is 11.4. The van der Waals surface area contributed by atoms with Crippen molar-refractivity contribution in [3.63, 3.8) is 0 Å². The minimum atomic E-state index is -0.733. The summed E-state index contributed by atoms with van der Waals surface area (Å²) in [5, 5.41) is 14.8. The Labute approximate surface area is 59.0 Å². The van der Waals surface area contributed by atoms with Crippen molar-refractivity contribution in [2.45, 2.75) is 17.9 Å². The third-order valence-corrected chi connectivity index (χ3v) is 3.80. The van der Waals surface area contributed by atoms with E-state index in [2.05, 4.69) is 5.32 Å². The van der Waals surface area contributed by atoms with Gasteiger partial charge in [-0.05, 0) is 11.6 Å². The Morgan fingerprint density at radius 3 is 3.00 bits per heavy atom. The zero-order valence-electron chi connectivity index (χ0n) is 5.39. The van der Waals surface area contributed by atoms with Gasteiger partial charge in [-0.15, -0.1) is 0 Å². The van der Waals surface area contributed by atoms with E-state index in [1.165, 1.54) is 0 Å². The first-order valence-corrected chi connectivity index (χ1v) is 4.37. The Balaban J connectivity index is 2.10. The van der Waals surface area contributed by atoms with Gasteiger partial charge in [0.25, 0.3) is 0 Å². The number of fused-ring (bicyclic) bond motifs is 1. The molecular formula is C6H10NOS-. The molecule has 3 atom stereocenters. The van der Waals surface area contributed by atoms with Crippen LogP contribution >= 0.6 is 11.8 Å². The smallest absolute Gasteiger partial charge is 0.0111 e. The van der Waals surface area contributed by atoms with Crippen molar-refractivity contribution in [2.75, 3.05) is 12.3 Å². The van der Waals surface area contributed by atoms with Crippen LogP contribution in [0.25, 0.3) is 0 Å². The molecule has 0 aromatic heterocycles. The minimum absolute atomic E-state index is 0.352. The molecule has 2 nitrogen and oxygen atoms in total. The SMILES string of the molecule is C[C@H]1[C@@H]2SCCNC12[O-]. The van der Waals surface area contributed by atoms with Crippen molar-refractivity contribution in [3.8, 4) is 0 Å². The van der Waals surface area contributed by atoms with Crippen LogP contribution in [0, 0.1) is 5.92 Å². The van der Waals surface area contributed by atoms with Crippen molar-refractivity contribution >= 4 is 11.8 Å². The second-order valence-corrected chi connectivity index (χ2v) is 4.05. The molecule has 3 heteroatoms. The summed E-state index contributed by atoms with van der Waals surface area (Å²) in [6.07, 6.45) is 0. The van der Waals surface area contributed by atoms with Gasteiger partial charge in [-0.3, -0.25) is 0 Å². The van der Waals surface area contributed by atoms with Gasteiger partial charge in [-0.1, -0.05) is 6.92 Å². The Kier molecular flexibility index (Phi) is 1.10. The number of hydrogen-bond donors (Lipinski definition) is 1. The molecule has 9 heavy (non-hydrogen) atoms. The van der Waals surface area contributed by atoms with Gasteiger partial charge in [0.15, 0.2) is 0 Å². The summed E-state index contributed by atoms with van der Waals surface area (Å²) in [5.74, 6) is 1.46. The lowest BCUT2D eigenvalue weighted by Gasteiger charge is -2.29. The zero-order chi connectivity index (χ0) is 6.48. The van der Waals surface area contributed by atoms with Crippen LogP contribution in [0.15, 0.2) is 0 Å². The topological polar surface area (TPSA) is 35.1 Å². The van der Waals surface area contributed by atoms with Crippen LogP contribution in [-0.2, 0) is 0 Å². The van der Waals surface area contributed by atoms with E-state index in [0.717, 1.165) is 12.3 Å². The Morgan fingerprint density at radius 2 is 2.56 bits per heavy atom. The highest BCUT2D eigenvalue weighted by Crippen LogP contribution is 2.49. The second-order valence-electron chi connectivity index (χ2n) is 2.80. The molecule has 0 spiro atoms. The van der Waals surface area contributed by atoms with Crippen molar-refractivity contribution < 1.29 is 5.11 Å². The van der Waals surface area contributed by atoms with E-state index in [1.807, 2.05) is 18.7 Å². The summed E-state index contributed by atoms with van der Waals surface area (Å²) in [4.78, 5) is 0. The summed E-state index contributed by atoms with van der Waals surface area (Å²) in [5.41, 5.74) is -0.733. The fourth-order valence-corrected chi connectivity index (χ4v) is 2.89. The number of rotatable bonds is 0. The van der Waals surface area contributed by atoms with Gasteiger partial charge >= 0.3 is 0 Å². The molecule has 1 unspecified atom stereocenters. The van der Waals surface area contributed by atoms with E-state index in [1.54, 1.807) is 0 Å². The van der Waals surface area contributed by atoms with Gasteiger partial charge in [0.1, 0.15) is 0 Å². The Morgan fingerprint density at radius 1 is 1.78 bits per heavy atom. The number of nitrogens with one attached hydrogen (secondary N) is 1. The van der Waals surface area contributed by atoms with Gasteiger partial charge < -0.3 is 10.4 Å². The van der Waals surface area contributed by atoms with Gasteiger partial charge in [0.05, 0.1) is 0 Å². The number of thioether (sulfide) groups is 1. The minimum Gasteiger partial charge on any atom is -0.837 e. The van der Waals surface area contributed by atoms with Gasteiger partial charge in [-0.2, -0.15) is 11.8 Å². The standard InChI is InChI=1S/C6H10NOS/c1-4-5-6(4,8)7-2-3-9-5/h4-5,7H,2-3H2,1H3/q-1/t4-,5-,6?/m0/s1. The van der Waals surface area contributed by atoms with Crippen molar-refractivity contribution in [1.82, 2.24) is 5.32 Å². The average molecular weight is 144 g/mol. The third-order valence-electron chi connectivity index (χ3n) is 2.24. The molecule has 2 rings (SSSR count). The predicted octanol–water partition coefficient (Wildman–Crippen LogP) is -0.602. The van der Waals surface area contributed by atoms with Crippen LogP contribution in [0.3, 0.4) is 0 Å². The summed E-state index contributed by atoms with van der Waals surface area (Å²) >= 11 is 1.82. The maximum absolute atomic E-state index is 11.4. The first-order valence-electron chi connectivity index (χ1n) is 3.32. The number of hydrogen-bond acceptors (Lipinski definition) is 3. The lowest BCUT2D eigenvalue weighted by Crippen LogP contribution is -2.50. The van der Waals surface area contributed by atoms with Crippen molar-refractivity contribution in [2.24, 2.45) is 5.92 Å². The quantitative estimate of drug-likeness (QED) is 0.493. The van der Waals surface area contributed by atoms with Gasteiger partial charge in [-0.25, -0.2) is 0 Å². The molecule has 0 bridgehead atoms. The molecule has 0 aromatic carbocycles. The van der Waals surface area contributed by atoms with E-state index < -0.39 is 5.72 Å². The van der Waals surface area contributed by atoms with Crippen LogP contribution in [0.5, 0.6) is 0 Å². The van der Waals surface area contributed by atoms with Gasteiger partial charge in [0.2, 0.25) is 0 Å². The summed E-state index contributed by atoms with van der Waals surface area (Å²) in [6, 6.07) is 0. The van der Waals surface area contributed by atoms with E-state index in [-0.39, 0.29) is 0 Å². The molecule has 1 heterocycles. The highest BCUT2D eigenvalue weighted by molar-refractivity contribution is 8.00. The predicted molar refractivity (Wildman–Crippen MR) is 36.1 cm³/mol. The van der Waals surface area contributed by atoms with Crippen LogP contribution in [-0.4, -0.2) is 23.3 Å². The van der Waals surface area contributed by atoms with Crippen LogP contribution in [0.4, 0.5) is 0 Å². The lowest BCUT2D eigenvalue weighted by atomic mass is 10.4. The fraction of sp³-hybridized carbons (Fsp3) is 1.00. The first kappa shape index (κ1) is 6.01. The highest BCUT2D eigenvalue weighted by Gasteiger charge is 2.53. The molecule has 1 aliphatic carbocycles. The average Bonchev–Trinajstić information content (AvgIpc) is 2.38. The van der Waals surface area contributed by atoms with Crippen molar-refractivity contribution in [3.05, 3.63) is 0 Å². The molecular weight excluding hydrogens is 134 g/mol. The molecule has 1 aliphatic heterocycles.